The fourth-order valence-electron chi connectivity index (χ4n) is 2.28. The van der Waals surface area contributed by atoms with Crippen LogP contribution in [-0.4, -0.2) is 42.7 Å². The number of nitrogen functional groups attached to an aromatic ring is 1. The standard InChI is InChI=1S/C15H20N2O3S/c1-3-17(8-5-9-18)15(19)14-13(16)12-10(20-2)6-4-7-11(12)21-14/h4,6-7,18H,3,5,8-9,16H2,1-2H3. The number of fused-ring (bicyclic) bond motifs is 1. The number of nitrogens with zero attached hydrogens (tertiary/aromatic N) is 1. The summed E-state index contributed by atoms with van der Waals surface area (Å²) in [6.45, 7) is 3.10. The lowest BCUT2D eigenvalue weighted by Crippen LogP contribution is -2.32. The highest BCUT2D eigenvalue weighted by molar-refractivity contribution is 7.21. The molecule has 0 aliphatic heterocycles. The Bertz CT molecular complexity index is 639. The van der Waals surface area contributed by atoms with Gasteiger partial charge in [0.25, 0.3) is 5.91 Å². The molecule has 0 fully saturated rings. The van der Waals surface area contributed by atoms with Crippen molar-refractivity contribution in [2.45, 2.75) is 13.3 Å². The minimum Gasteiger partial charge on any atom is -0.496 e. The average molecular weight is 308 g/mol. The maximum atomic E-state index is 12.6. The Hall–Kier alpha value is -1.79. The third-order valence-electron chi connectivity index (χ3n) is 3.38. The molecule has 0 radical (unpaired) electrons. The summed E-state index contributed by atoms with van der Waals surface area (Å²) in [5.74, 6) is 0.588. The summed E-state index contributed by atoms with van der Waals surface area (Å²) in [6.07, 6.45) is 0.563. The van der Waals surface area contributed by atoms with Crippen molar-refractivity contribution < 1.29 is 14.6 Å². The summed E-state index contributed by atoms with van der Waals surface area (Å²) < 4.78 is 6.26. The number of rotatable bonds is 6. The number of hydrogen-bond donors (Lipinski definition) is 2. The van der Waals surface area contributed by atoms with E-state index in [9.17, 15) is 4.79 Å². The van der Waals surface area contributed by atoms with Gasteiger partial charge in [0.1, 0.15) is 10.6 Å². The van der Waals surface area contributed by atoms with Crippen molar-refractivity contribution in [1.82, 2.24) is 4.90 Å². The molecule has 1 aromatic carbocycles. The smallest absolute Gasteiger partial charge is 0.266 e. The molecule has 21 heavy (non-hydrogen) atoms. The van der Waals surface area contributed by atoms with Gasteiger partial charge in [-0.1, -0.05) is 6.07 Å². The zero-order valence-electron chi connectivity index (χ0n) is 12.3. The Labute approximate surface area is 127 Å². The van der Waals surface area contributed by atoms with Crippen LogP contribution in [0.15, 0.2) is 18.2 Å². The van der Waals surface area contributed by atoms with Crippen molar-refractivity contribution in [3.63, 3.8) is 0 Å². The number of aliphatic hydroxyl groups is 1. The SMILES string of the molecule is CCN(CCCO)C(=O)c1sc2cccc(OC)c2c1N. The second-order valence-electron chi connectivity index (χ2n) is 4.64. The van der Waals surface area contributed by atoms with Gasteiger partial charge in [-0.15, -0.1) is 11.3 Å². The van der Waals surface area contributed by atoms with E-state index < -0.39 is 0 Å². The summed E-state index contributed by atoms with van der Waals surface area (Å²) in [6, 6.07) is 5.65. The fraction of sp³-hybridized carbons (Fsp3) is 0.400. The predicted molar refractivity (Wildman–Crippen MR) is 86.1 cm³/mol. The van der Waals surface area contributed by atoms with Gasteiger partial charge in [0.2, 0.25) is 0 Å². The van der Waals surface area contributed by atoms with Crippen molar-refractivity contribution in [2.24, 2.45) is 0 Å². The van der Waals surface area contributed by atoms with Gasteiger partial charge in [0.15, 0.2) is 0 Å². The number of nitrogens with two attached hydrogens (primary N) is 1. The molecule has 1 amide bonds. The molecule has 1 aromatic heterocycles. The average Bonchev–Trinajstić information content (AvgIpc) is 2.85. The molecule has 114 valence electrons. The van der Waals surface area contributed by atoms with Gasteiger partial charge in [-0.3, -0.25) is 4.79 Å². The van der Waals surface area contributed by atoms with Gasteiger partial charge in [0.05, 0.1) is 18.2 Å². The van der Waals surface area contributed by atoms with E-state index in [0.717, 1.165) is 10.1 Å². The van der Waals surface area contributed by atoms with Crippen LogP contribution < -0.4 is 10.5 Å². The van der Waals surface area contributed by atoms with Crippen LogP contribution >= 0.6 is 11.3 Å². The Balaban J connectivity index is 2.42. The molecule has 0 bridgehead atoms. The molecular formula is C15H20N2O3S. The molecule has 0 atom stereocenters. The Morgan fingerprint density at radius 1 is 1.48 bits per heavy atom. The van der Waals surface area contributed by atoms with E-state index >= 15 is 0 Å². The molecule has 0 unspecified atom stereocenters. The lowest BCUT2D eigenvalue weighted by atomic mass is 10.2. The van der Waals surface area contributed by atoms with Crippen LogP contribution in [0.5, 0.6) is 5.75 Å². The lowest BCUT2D eigenvalue weighted by molar-refractivity contribution is 0.0760. The van der Waals surface area contributed by atoms with E-state index in [2.05, 4.69) is 0 Å². The van der Waals surface area contributed by atoms with E-state index in [1.165, 1.54) is 11.3 Å². The second kappa shape index (κ2) is 6.78. The predicted octanol–water partition coefficient (Wildman–Crippen LogP) is 2.34. The lowest BCUT2D eigenvalue weighted by Gasteiger charge is -2.19. The largest absolute Gasteiger partial charge is 0.496 e. The third kappa shape index (κ3) is 2.96. The van der Waals surface area contributed by atoms with E-state index in [0.29, 0.717) is 35.8 Å². The quantitative estimate of drug-likeness (QED) is 0.859. The second-order valence-corrected chi connectivity index (χ2v) is 5.69. The number of carbonyl (C=O) groups excluding carboxylic acids is 1. The number of carbonyl (C=O) groups is 1. The van der Waals surface area contributed by atoms with Gasteiger partial charge >= 0.3 is 0 Å². The van der Waals surface area contributed by atoms with E-state index in [1.807, 2.05) is 25.1 Å². The minimum absolute atomic E-state index is 0.0689. The number of thiophene rings is 1. The van der Waals surface area contributed by atoms with Crippen LogP contribution in [0.3, 0.4) is 0 Å². The number of aliphatic hydroxyl groups excluding tert-OH is 1. The van der Waals surface area contributed by atoms with E-state index in [4.69, 9.17) is 15.6 Å². The van der Waals surface area contributed by atoms with Gasteiger partial charge in [0, 0.05) is 24.4 Å². The van der Waals surface area contributed by atoms with Crippen LogP contribution in [0.1, 0.15) is 23.0 Å². The summed E-state index contributed by atoms with van der Waals surface area (Å²) in [5.41, 5.74) is 6.64. The summed E-state index contributed by atoms with van der Waals surface area (Å²) in [7, 11) is 1.59. The number of amides is 1. The number of hydrogen-bond acceptors (Lipinski definition) is 5. The summed E-state index contributed by atoms with van der Waals surface area (Å²) in [5, 5.41) is 9.72. The first-order valence-electron chi connectivity index (χ1n) is 6.89. The molecule has 2 aromatic rings. The number of ether oxygens (including phenoxy) is 1. The van der Waals surface area contributed by atoms with Crippen molar-refractivity contribution >= 4 is 33.0 Å². The highest BCUT2D eigenvalue weighted by Gasteiger charge is 2.22. The Kier molecular flexibility index (Phi) is 5.03. The van der Waals surface area contributed by atoms with Crippen molar-refractivity contribution in [2.75, 3.05) is 32.5 Å². The van der Waals surface area contributed by atoms with Crippen LogP contribution in [0.2, 0.25) is 0 Å². The highest BCUT2D eigenvalue weighted by atomic mass is 32.1. The van der Waals surface area contributed by atoms with Gasteiger partial charge in [-0.2, -0.15) is 0 Å². The zero-order valence-corrected chi connectivity index (χ0v) is 13.1. The maximum Gasteiger partial charge on any atom is 0.266 e. The van der Waals surface area contributed by atoms with Crippen molar-refractivity contribution in [3.8, 4) is 5.75 Å². The summed E-state index contributed by atoms with van der Waals surface area (Å²) >= 11 is 1.38. The Morgan fingerprint density at radius 2 is 2.24 bits per heavy atom. The third-order valence-corrected chi connectivity index (χ3v) is 4.54. The molecule has 0 aliphatic carbocycles. The zero-order chi connectivity index (χ0) is 15.4. The van der Waals surface area contributed by atoms with Crippen molar-refractivity contribution in [1.29, 1.82) is 0 Å². The fourth-order valence-corrected chi connectivity index (χ4v) is 3.38. The highest BCUT2D eigenvalue weighted by Crippen LogP contribution is 2.39. The number of methoxy groups -OCH3 is 1. The number of anilines is 1. The molecule has 0 spiro atoms. The molecule has 0 saturated carbocycles. The van der Waals surface area contributed by atoms with Gasteiger partial charge in [-0.25, -0.2) is 0 Å². The summed E-state index contributed by atoms with van der Waals surface area (Å²) in [4.78, 5) is 14.8. The van der Waals surface area contributed by atoms with Gasteiger partial charge in [-0.05, 0) is 25.5 Å². The number of benzene rings is 1. The maximum absolute atomic E-state index is 12.6. The first kappa shape index (κ1) is 15.6. The monoisotopic (exact) mass is 308 g/mol. The van der Waals surface area contributed by atoms with Crippen LogP contribution in [0.25, 0.3) is 10.1 Å². The van der Waals surface area contributed by atoms with Gasteiger partial charge < -0.3 is 20.5 Å². The Morgan fingerprint density at radius 3 is 2.86 bits per heavy atom. The first-order chi connectivity index (χ1) is 10.1. The molecule has 5 nitrogen and oxygen atoms in total. The molecular weight excluding hydrogens is 288 g/mol. The first-order valence-corrected chi connectivity index (χ1v) is 7.70. The molecule has 2 rings (SSSR count). The van der Waals surface area contributed by atoms with Crippen LogP contribution in [-0.2, 0) is 0 Å². The molecule has 6 heteroatoms. The van der Waals surface area contributed by atoms with E-state index in [1.54, 1.807) is 12.0 Å². The molecule has 0 saturated heterocycles. The van der Waals surface area contributed by atoms with Crippen LogP contribution in [0.4, 0.5) is 5.69 Å². The van der Waals surface area contributed by atoms with Crippen LogP contribution in [0, 0.1) is 0 Å². The van der Waals surface area contributed by atoms with E-state index in [-0.39, 0.29) is 12.5 Å². The minimum atomic E-state index is -0.0910. The molecule has 3 N–H and O–H groups in total. The normalized spacial score (nSPS) is 10.8. The van der Waals surface area contributed by atoms with Crippen molar-refractivity contribution in [3.05, 3.63) is 23.1 Å². The topological polar surface area (TPSA) is 75.8 Å². The molecule has 0 aliphatic rings. The molecule has 1 heterocycles.